The summed E-state index contributed by atoms with van der Waals surface area (Å²) < 4.78 is 0. The smallest absolute Gasteiger partial charge is 0.326 e. The summed E-state index contributed by atoms with van der Waals surface area (Å²) in [5.41, 5.74) is -0.00501. The van der Waals surface area contributed by atoms with Crippen molar-refractivity contribution in [3.63, 3.8) is 0 Å². The average molecular weight is 405 g/mol. The molecule has 1 aliphatic carbocycles. The third-order valence-corrected chi connectivity index (χ3v) is 6.28. The molecular weight excluding hydrogens is 378 g/mol. The molecule has 0 unspecified atom stereocenters. The number of amides is 4. The highest BCUT2D eigenvalue weighted by atomic mass is 16.2. The van der Waals surface area contributed by atoms with E-state index in [2.05, 4.69) is 17.6 Å². The summed E-state index contributed by atoms with van der Waals surface area (Å²) in [7, 11) is 0. The van der Waals surface area contributed by atoms with E-state index in [1.807, 2.05) is 60.7 Å². The van der Waals surface area contributed by atoms with E-state index in [4.69, 9.17) is 0 Å². The first-order valence-corrected chi connectivity index (χ1v) is 10.6. The van der Waals surface area contributed by atoms with Gasteiger partial charge in [-0.3, -0.25) is 14.5 Å². The van der Waals surface area contributed by atoms with Crippen molar-refractivity contribution >= 4 is 17.8 Å². The number of carbonyl (C=O) groups excluding carboxylic acids is 3. The minimum Gasteiger partial charge on any atom is -0.352 e. The van der Waals surface area contributed by atoms with Gasteiger partial charge in [0.15, 0.2) is 5.54 Å². The Morgan fingerprint density at radius 1 is 1.00 bits per heavy atom. The molecule has 2 fully saturated rings. The summed E-state index contributed by atoms with van der Waals surface area (Å²) in [5.74, 6) is -0.329. The molecule has 1 aliphatic heterocycles. The normalized spacial score (nSPS) is 23.2. The zero-order valence-electron chi connectivity index (χ0n) is 17.1. The van der Waals surface area contributed by atoms with Crippen LogP contribution >= 0.6 is 0 Å². The van der Waals surface area contributed by atoms with E-state index in [1.165, 1.54) is 6.42 Å². The van der Waals surface area contributed by atoms with E-state index in [1.54, 1.807) is 0 Å². The van der Waals surface area contributed by atoms with Gasteiger partial charge in [-0.2, -0.15) is 0 Å². The van der Waals surface area contributed by atoms with Gasteiger partial charge in [0.1, 0.15) is 6.54 Å². The molecule has 6 heteroatoms. The molecule has 6 nitrogen and oxygen atoms in total. The number of benzene rings is 2. The molecule has 0 bridgehead atoms. The second kappa shape index (κ2) is 8.30. The van der Waals surface area contributed by atoms with Gasteiger partial charge in [0, 0.05) is 6.04 Å². The summed E-state index contributed by atoms with van der Waals surface area (Å²) in [6.45, 7) is 1.85. The Kier molecular flexibility index (Phi) is 5.57. The Morgan fingerprint density at radius 3 is 2.13 bits per heavy atom. The van der Waals surface area contributed by atoms with Gasteiger partial charge in [0.25, 0.3) is 5.91 Å². The number of hydrogen-bond acceptors (Lipinski definition) is 3. The molecule has 0 spiro atoms. The van der Waals surface area contributed by atoms with E-state index in [9.17, 15) is 14.4 Å². The molecule has 2 atom stereocenters. The van der Waals surface area contributed by atoms with Gasteiger partial charge in [0.05, 0.1) is 0 Å². The maximum absolute atomic E-state index is 13.6. The van der Waals surface area contributed by atoms with Crippen LogP contribution in [0.2, 0.25) is 0 Å². The first-order chi connectivity index (χ1) is 14.5. The third-order valence-electron chi connectivity index (χ3n) is 6.28. The van der Waals surface area contributed by atoms with Gasteiger partial charge < -0.3 is 10.6 Å². The zero-order valence-corrected chi connectivity index (χ0v) is 17.1. The predicted molar refractivity (Wildman–Crippen MR) is 113 cm³/mol. The Hall–Kier alpha value is -3.15. The lowest BCUT2D eigenvalue weighted by molar-refractivity contribution is -0.134. The molecule has 1 saturated heterocycles. The van der Waals surface area contributed by atoms with E-state index < -0.39 is 17.5 Å². The van der Waals surface area contributed by atoms with Crippen LogP contribution in [0.1, 0.15) is 43.7 Å². The number of rotatable bonds is 5. The number of hydrogen-bond donors (Lipinski definition) is 2. The van der Waals surface area contributed by atoms with Crippen molar-refractivity contribution in [3.05, 3.63) is 71.8 Å². The highest BCUT2D eigenvalue weighted by Gasteiger charge is 2.54. The molecule has 1 saturated carbocycles. The van der Waals surface area contributed by atoms with Crippen LogP contribution in [0.4, 0.5) is 4.79 Å². The Balaban J connectivity index is 1.60. The van der Waals surface area contributed by atoms with Crippen LogP contribution in [0, 0.1) is 5.92 Å². The lowest BCUT2D eigenvalue weighted by Crippen LogP contribution is -2.48. The molecule has 0 aromatic heterocycles. The maximum Gasteiger partial charge on any atom is 0.326 e. The Morgan fingerprint density at radius 2 is 1.57 bits per heavy atom. The van der Waals surface area contributed by atoms with Gasteiger partial charge in [0.2, 0.25) is 5.91 Å². The summed E-state index contributed by atoms with van der Waals surface area (Å²) in [5, 5.41) is 5.91. The van der Waals surface area contributed by atoms with Crippen molar-refractivity contribution in [2.45, 2.75) is 44.2 Å². The highest BCUT2D eigenvalue weighted by molar-refractivity contribution is 6.11. The largest absolute Gasteiger partial charge is 0.352 e. The summed E-state index contributed by atoms with van der Waals surface area (Å²) in [6.07, 6.45) is 4.28. The van der Waals surface area contributed by atoms with Gasteiger partial charge in [-0.25, -0.2) is 4.79 Å². The standard InChI is InChI=1S/C24H27N3O3/c1-17-10-8-9-15-20(17)25-21(28)16-27-22(29)24(26-23(27)30,18-11-4-2-5-12-18)19-13-6-3-7-14-19/h2-7,11-14,17,20H,8-10,15-16H2,1H3,(H,25,28)(H,26,30)/t17-,20+/m1/s1. The van der Waals surface area contributed by atoms with Crippen LogP contribution in [0.15, 0.2) is 60.7 Å². The van der Waals surface area contributed by atoms with Crippen LogP contribution in [0.25, 0.3) is 0 Å². The lowest BCUT2D eigenvalue weighted by atomic mass is 9.82. The minimum atomic E-state index is -1.34. The Bertz CT molecular complexity index is 890. The first kappa shape index (κ1) is 20.1. The van der Waals surface area contributed by atoms with Crippen molar-refractivity contribution in [2.75, 3.05) is 6.54 Å². The molecule has 2 N–H and O–H groups in total. The third kappa shape index (κ3) is 3.58. The molecule has 1 heterocycles. The van der Waals surface area contributed by atoms with Crippen molar-refractivity contribution in [1.82, 2.24) is 15.5 Å². The van der Waals surface area contributed by atoms with Crippen molar-refractivity contribution < 1.29 is 14.4 Å². The zero-order chi connectivity index (χ0) is 21.1. The van der Waals surface area contributed by atoms with Gasteiger partial charge in [-0.15, -0.1) is 0 Å². The SMILES string of the molecule is C[C@@H]1CCCC[C@@H]1NC(=O)CN1C(=O)NC(c2ccccc2)(c2ccccc2)C1=O. The fourth-order valence-corrected chi connectivity index (χ4v) is 4.58. The van der Waals surface area contributed by atoms with Crippen LogP contribution < -0.4 is 10.6 Å². The number of urea groups is 1. The lowest BCUT2D eigenvalue weighted by Gasteiger charge is -2.30. The molecule has 2 aromatic rings. The van der Waals surface area contributed by atoms with Crippen LogP contribution in [0.3, 0.4) is 0 Å². The van der Waals surface area contributed by atoms with Gasteiger partial charge in [-0.1, -0.05) is 80.4 Å². The van der Waals surface area contributed by atoms with E-state index >= 15 is 0 Å². The predicted octanol–water partition coefficient (Wildman–Crippen LogP) is 3.18. The summed E-state index contributed by atoms with van der Waals surface area (Å²) >= 11 is 0. The topological polar surface area (TPSA) is 78.5 Å². The first-order valence-electron chi connectivity index (χ1n) is 10.6. The molecule has 2 aromatic carbocycles. The van der Waals surface area contributed by atoms with E-state index in [0.29, 0.717) is 17.0 Å². The quantitative estimate of drug-likeness (QED) is 0.750. The van der Waals surface area contributed by atoms with Crippen LogP contribution in [-0.2, 0) is 15.1 Å². The van der Waals surface area contributed by atoms with Gasteiger partial charge >= 0.3 is 6.03 Å². The highest BCUT2D eigenvalue weighted by Crippen LogP contribution is 2.35. The fraction of sp³-hybridized carbons (Fsp3) is 0.375. The molecular formula is C24H27N3O3. The molecule has 156 valence electrons. The van der Waals surface area contributed by atoms with E-state index in [0.717, 1.165) is 24.2 Å². The van der Waals surface area contributed by atoms with Crippen molar-refractivity contribution in [1.29, 1.82) is 0 Å². The van der Waals surface area contributed by atoms with Crippen molar-refractivity contribution in [3.8, 4) is 0 Å². The van der Waals surface area contributed by atoms with Gasteiger partial charge in [-0.05, 0) is 29.9 Å². The fourth-order valence-electron chi connectivity index (χ4n) is 4.58. The molecule has 2 aliphatic rings. The number of imide groups is 1. The Labute approximate surface area is 176 Å². The number of nitrogens with zero attached hydrogens (tertiary/aromatic N) is 1. The second-order valence-corrected chi connectivity index (χ2v) is 8.24. The monoisotopic (exact) mass is 405 g/mol. The maximum atomic E-state index is 13.6. The average Bonchev–Trinajstić information content (AvgIpc) is 3.02. The number of carbonyl (C=O) groups is 3. The summed E-state index contributed by atoms with van der Waals surface area (Å²) in [4.78, 5) is 40.2. The minimum absolute atomic E-state index is 0.0972. The molecule has 30 heavy (non-hydrogen) atoms. The van der Waals surface area contributed by atoms with E-state index in [-0.39, 0.29) is 18.5 Å². The molecule has 0 radical (unpaired) electrons. The van der Waals surface area contributed by atoms with Crippen molar-refractivity contribution in [2.24, 2.45) is 5.92 Å². The van der Waals surface area contributed by atoms with Crippen LogP contribution in [0.5, 0.6) is 0 Å². The molecule has 4 amide bonds. The second-order valence-electron chi connectivity index (χ2n) is 8.24. The van der Waals surface area contributed by atoms with Crippen LogP contribution in [-0.4, -0.2) is 35.3 Å². The number of nitrogens with one attached hydrogen (secondary N) is 2. The molecule has 4 rings (SSSR count). The summed E-state index contributed by atoms with van der Waals surface area (Å²) in [6, 6.07) is 17.9.